The van der Waals surface area contributed by atoms with Gasteiger partial charge in [0, 0.05) is 23.1 Å². The largest absolute Gasteiger partial charge is 0.361 e. The standard InChI is InChI=1S/C17H17N3O2/c1-10-16(11(2)22-19-10)17(21)20-8-7-13-12-5-3-4-6-14(12)18-15(13)9-20/h3-6,18H,7-9H2,1-2H3. The van der Waals surface area contributed by atoms with Gasteiger partial charge >= 0.3 is 0 Å². The van der Waals surface area contributed by atoms with E-state index < -0.39 is 0 Å². The van der Waals surface area contributed by atoms with E-state index in [0.29, 0.717) is 23.6 Å². The van der Waals surface area contributed by atoms with Gasteiger partial charge in [0.05, 0.1) is 12.2 Å². The Kier molecular flexibility index (Phi) is 2.82. The normalized spacial score (nSPS) is 14.4. The Morgan fingerprint density at radius 3 is 2.91 bits per heavy atom. The van der Waals surface area contributed by atoms with Crippen LogP contribution in [0.25, 0.3) is 10.9 Å². The SMILES string of the molecule is Cc1noc(C)c1C(=O)N1CCc2c([nH]c3ccccc23)C1. The fourth-order valence-electron chi connectivity index (χ4n) is 3.31. The van der Waals surface area contributed by atoms with Gasteiger partial charge in [-0.25, -0.2) is 0 Å². The maximum atomic E-state index is 12.7. The zero-order chi connectivity index (χ0) is 15.3. The van der Waals surface area contributed by atoms with E-state index in [-0.39, 0.29) is 5.91 Å². The van der Waals surface area contributed by atoms with E-state index in [1.165, 1.54) is 10.9 Å². The van der Waals surface area contributed by atoms with E-state index in [9.17, 15) is 4.79 Å². The molecular weight excluding hydrogens is 278 g/mol. The highest BCUT2D eigenvalue weighted by atomic mass is 16.5. The Balaban J connectivity index is 1.69. The van der Waals surface area contributed by atoms with Crippen LogP contribution in [0.5, 0.6) is 0 Å². The van der Waals surface area contributed by atoms with E-state index in [4.69, 9.17) is 4.52 Å². The maximum Gasteiger partial charge on any atom is 0.259 e. The van der Waals surface area contributed by atoms with Crippen molar-refractivity contribution in [2.75, 3.05) is 6.54 Å². The molecular formula is C17H17N3O2. The molecule has 0 unspecified atom stereocenters. The number of nitrogens with one attached hydrogen (secondary N) is 1. The summed E-state index contributed by atoms with van der Waals surface area (Å²) in [7, 11) is 0. The number of hydrogen-bond acceptors (Lipinski definition) is 3. The number of aryl methyl sites for hydroxylation is 2. The third-order valence-electron chi connectivity index (χ3n) is 4.42. The Morgan fingerprint density at radius 2 is 2.14 bits per heavy atom. The molecule has 0 saturated heterocycles. The molecule has 5 heteroatoms. The van der Waals surface area contributed by atoms with Gasteiger partial charge in [-0.15, -0.1) is 0 Å². The quantitative estimate of drug-likeness (QED) is 0.750. The van der Waals surface area contributed by atoms with Crippen LogP contribution >= 0.6 is 0 Å². The van der Waals surface area contributed by atoms with Crippen LogP contribution < -0.4 is 0 Å². The first-order valence-electron chi connectivity index (χ1n) is 7.45. The van der Waals surface area contributed by atoms with Crippen molar-refractivity contribution in [3.63, 3.8) is 0 Å². The molecule has 1 aromatic carbocycles. The molecule has 4 rings (SSSR count). The molecule has 1 N–H and O–H groups in total. The van der Waals surface area contributed by atoms with Crippen molar-refractivity contribution in [3.8, 4) is 0 Å². The zero-order valence-corrected chi connectivity index (χ0v) is 12.6. The lowest BCUT2D eigenvalue weighted by Crippen LogP contribution is -2.36. The summed E-state index contributed by atoms with van der Waals surface area (Å²) in [6.45, 7) is 4.91. The lowest BCUT2D eigenvalue weighted by molar-refractivity contribution is 0.0730. The molecule has 0 atom stereocenters. The second-order valence-electron chi connectivity index (χ2n) is 5.80. The second-order valence-corrected chi connectivity index (χ2v) is 5.80. The number of fused-ring (bicyclic) bond motifs is 3. The summed E-state index contributed by atoms with van der Waals surface area (Å²) in [4.78, 5) is 18.0. The van der Waals surface area contributed by atoms with Gasteiger partial charge in [-0.2, -0.15) is 0 Å². The van der Waals surface area contributed by atoms with Crippen molar-refractivity contribution < 1.29 is 9.32 Å². The van der Waals surface area contributed by atoms with Crippen molar-refractivity contribution >= 4 is 16.8 Å². The molecule has 3 aromatic rings. The van der Waals surface area contributed by atoms with Gasteiger partial charge in [-0.05, 0) is 31.9 Å². The first-order valence-corrected chi connectivity index (χ1v) is 7.45. The van der Waals surface area contributed by atoms with E-state index in [0.717, 1.165) is 24.2 Å². The maximum absolute atomic E-state index is 12.7. The highest BCUT2D eigenvalue weighted by Crippen LogP contribution is 2.28. The topological polar surface area (TPSA) is 62.1 Å². The molecule has 2 aromatic heterocycles. The van der Waals surface area contributed by atoms with Gasteiger partial charge in [-0.1, -0.05) is 23.4 Å². The number of carbonyl (C=O) groups excluding carboxylic acids is 1. The third kappa shape index (κ3) is 1.85. The number of amides is 1. The third-order valence-corrected chi connectivity index (χ3v) is 4.42. The fraction of sp³-hybridized carbons (Fsp3) is 0.294. The summed E-state index contributed by atoms with van der Waals surface area (Å²) in [6.07, 6.45) is 0.870. The summed E-state index contributed by atoms with van der Waals surface area (Å²) in [5.74, 6) is 0.588. The Labute approximate surface area is 127 Å². The van der Waals surface area contributed by atoms with Crippen LogP contribution in [-0.4, -0.2) is 27.5 Å². The smallest absolute Gasteiger partial charge is 0.259 e. The Hall–Kier alpha value is -2.56. The van der Waals surface area contributed by atoms with E-state index >= 15 is 0 Å². The van der Waals surface area contributed by atoms with Crippen LogP contribution in [0.1, 0.15) is 33.1 Å². The zero-order valence-electron chi connectivity index (χ0n) is 12.6. The van der Waals surface area contributed by atoms with Crippen LogP contribution in [0.15, 0.2) is 28.8 Å². The number of aromatic nitrogens is 2. The van der Waals surface area contributed by atoms with E-state index in [1.54, 1.807) is 6.92 Å². The highest BCUT2D eigenvalue weighted by molar-refractivity contribution is 5.96. The number of para-hydroxylation sites is 1. The molecule has 1 aliphatic rings. The Morgan fingerprint density at radius 1 is 1.32 bits per heavy atom. The summed E-state index contributed by atoms with van der Waals surface area (Å²) < 4.78 is 5.12. The second kappa shape index (κ2) is 4.73. The molecule has 1 amide bonds. The van der Waals surface area contributed by atoms with Crippen molar-refractivity contribution in [1.82, 2.24) is 15.0 Å². The van der Waals surface area contributed by atoms with Gasteiger partial charge in [0.1, 0.15) is 11.3 Å². The van der Waals surface area contributed by atoms with Gasteiger partial charge in [-0.3, -0.25) is 4.79 Å². The molecule has 3 heterocycles. The van der Waals surface area contributed by atoms with Crippen LogP contribution in [0.2, 0.25) is 0 Å². The molecule has 0 aliphatic carbocycles. The number of carbonyl (C=O) groups is 1. The minimum atomic E-state index is 0.000515. The first-order chi connectivity index (χ1) is 10.6. The van der Waals surface area contributed by atoms with Gasteiger partial charge in [0.15, 0.2) is 0 Å². The molecule has 5 nitrogen and oxygen atoms in total. The van der Waals surface area contributed by atoms with Crippen LogP contribution in [0, 0.1) is 13.8 Å². The monoisotopic (exact) mass is 295 g/mol. The van der Waals surface area contributed by atoms with E-state index in [1.807, 2.05) is 17.9 Å². The predicted octanol–water partition coefficient (Wildman–Crippen LogP) is 2.97. The van der Waals surface area contributed by atoms with Crippen LogP contribution in [0.4, 0.5) is 0 Å². The van der Waals surface area contributed by atoms with E-state index in [2.05, 4.69) is 28.3 Å². The van der Waals surface area contributed by atoms with Crippen molar-refractivity contribution in [3.05, 3.63) is 52.5 Å². The summed E-state index contributed by atoms with van der Waals surface area (Å²) >= 11 is 0. The lowest BCUT2D eigenvalue weighted by Gasteiger charge is -2.27. The molecule has 1 aliphatic heterocycles. The predicted molar refractivity (Wildman–Crippen MR) is 82.7 cm³/mol. The first kappa shape index (κ1) is 13.1. The number of H-pyrrole nitrogens is 1. The molecule has 0 spiro atoms. The number of benzene rings is 1. The molecule has 0 radical (unpaired) electrons. The summed E-state index contributed by atoms with van der Waals surface area (Å²) in [5.41, 5.74) is 4.86. The van der Waals surface area contributed by atoms with Gasteiger partial charge in [0.25, 0.3) is 5.91 Å². The number of nitrogens with zero attached hydrogens (tertiary/aromatic N) is 2. The molecule has 0 fully saturated rings. The molecule has 0 bridgehead atoms. The number of rotatable bonds is 1. The fourth-order valence-corrected chi connectivity index (χ4v) is 3.31. The molecule has 22 heavy (non-hydrogen) atoms. The molecule has 112 valence electrons. The average Bonchev–Trinajstić information content (AvgIpc) is 3.06. The van der Waals surface area contributed by atoms with Gasteiger partial charge < -0.3 is 14.4 Å². The minimum absolute atomic E-state index is 0.000515. The Bertz CT molecular complexity index is 856. The molecule has 0 saturated carbocycles. The number of hydrogen-bond donors (Lipinski definition) is 1. The average molecular weight is 295 g/mol. The highest BCUT2D eigenvalue weighted by Gasteiger charge is 2.28. The lowest BCUT2D eigenvalue weighted by atomic mass is 10.0. The van der Waals surface area contributed by atoms with Crippen molar-refractivity contribution in [2.45, 2.75) is 26.8 Å². The summed E-state index contributed by atoms with van der Waals surface area (Å²) in [6, 6.07) is 8.29. The van der Waals surface area contributed by atoms with Gasteiger partial charge in [0.2, 0.25) is 0 Å². The minimum Gasteiger partial charge on any atom is -0.361 e. The summed E-state index contributed by atoms with van der Waals surface area (Å²) in [5, 5.41) is 5.15. The number of aromatic amines is 1. The van der Waals surface area contributed by atoms with Crippen molar-refractivity contribution in [1.29, 1.82) is 0 Å². The van der Waals surface area contributed by atoms with Crippen LogP contribution in [-0.2, 0) is 13.0 Å². The van der Waals surface area contributed by atoms with Crippen molar-refractivity contribution in [2.24, 2.45) is 0 Å². The van der Waals surface area contributed by atoms with Crippen LogP contribution in [0.3, 0.4) is 0 Å².